The molecular weight excluding hydrogens is 270 g/mol. The molecule has 0 spiro atoms. The molecule has 1 amide bonds. The maximum Gasteiger partial charge on any atom is 0.312 e. The number of nitrogens with zero attached hydrogens (tertiary/aromatic N) is 3. The third kappa shape index (κ3) is 2.08. The lowest BCUT2D eigenvalue weighted by molar-refractivity contribution is -0.138. The van der Waals surface area contributed by atoms with Gasteiger partial charge in [-0.25, -0.2) is 0 Å². The molecule has 1 aromatic heterocycles. The van der Waals surface area contributed by atoms with E-state index >= 15 is 0 Å². The van der Waals surface area contributed by atoms with Gasteiger partial charge in [-0.2, -0.15) is 5.10 Å². The number of hydrogen-bond acceptors (Lipinski definition) is 3. The monoisotopic (exact) mass is 285 g/mol. The van der Waals surface area contributed by atoms with E-state index in [0.29, 0.717) is 16.9 Å². The van der Waals surface area contributed by atoms with Crippen molar-refractivity contribution in [3.05, 3.63) is 47.3 Å². The molecule has 1 aliphatic heterocycles. The molecule has 0 aliphatic carbocycles. The second kappa shape index (κ2) is 4.73. The number of amides is 1. The Morgan fingerprint density at radius 1 is 1.33 bits per heavy atom. The summed E-state index contributed by atoms with van der Waals surface area (Å²) in [5.41, 5.74) is 2.53. The van der Waals surface area contributed by atoms with Gasteiger partial charge in [0, 0.05) is 25.0 Å². The number of anilines is 1. The van der Waals surface area contributed by atoms with Gasteiger partial charge >= 0.3 is 5.97 Å². The first-order valence-corrected chi connectivity index (χ1v) is 6.63. The number of aromatic nitrogens is 2. The van der Waals surface area contributed by atoms with Gasteiger partial charge in [-0.05, 0) is 24.6 Å². The Bertz CT molecular complexity index is 716. The Labute approximate surface area is 121 Å². The van der Waals surface area contributed by atoms with Crippen molar-refractivity contribution in [3.8, 4) is 0 Å². The van der Waals surface area contributed by atoms with E-state index in [1.807, 2.05) is 6.92 Å². The Hall–Kier alpha value is -2.63. The lowest BCUT2D eigenvalue weighted by atomic mass is 10.0. The van der Waals surface area contributed by atoms with Gasteiger partial charge in [-0.15, -0.1) is 0 Å². The van der Waals surface area contributed by atoms with Gasteiger partial charge in [0.25, 0.3) is 5.91 Å². The number of carbonyl (C=O) groups excluding carboxylic acids is 1. The first-order chi connectivity index (χ1) is 9.99. The van der Waals surface area contributed by atoms with E-state index in [1.165, 1.54) is 4.90 Å². The molecule has 0 bridgehead atoms. The van der Waals surface area contributed by atoms with E-state index in [0.717, 1.165) is 5.69 Å². The molecule has 6 heteroatoms. The van der Waals surface area contributed by atoms with Gasteiger partial charge in [0.05, 0.1) is 0 Å². The van der Waals surface area contributed by atoms with Crippen LogP contribution < -0.4 is 4.90 Å². The summed E-state index contributed by atoms with van der Waals surface area (Å²) in [6.07, 6.45) is 0. The van der Waals surface area contributed by atoms with Crippen LogP contribution in [0.4, 0.5) is 5.69 Å². The molecule has 3 rings (SSSR count). The zero-order chi connectivity index (χ0) is 15.1. The molecule has 2 aromatic rings. The number of aliphatic carboxylic acids is 1. The zero-order valence-electron chi connectivity index (χ0n) is 11.8. The maximum atomic E-state index is 12.6. The van der Waals surface area contributed by atoms with Crippen molar-refractivity contribution in [2.24, 2.45) is 7.05 Å². The predicted molar refractivity (Wildman–Crippen MR) is 76.4 cm³/mol. The molecule has 108 valence electrons. The topological polar surface area (TPSA) is 75.4 Å². The highest BCUT2D eigenvalue weighted by atomic mass is 16.4. The fraction of sp³-hybridized carbons (Fsp3) is 0.267. The Balaban J connectivity index is 2.00. The molecule has 1 unspecified atom stereocenters. The molecule has 1 N–H and O–H groups in total. The molecule has 0 saturated heterocycles. The highest BCUT2D eigenvalue weighted by Crippen LogP contribution is 2.36. The van der Waals surface area contributed by atoms with Crippen LogP contribution in [-0.4, -0.2) is 33.3 Å². The molecule has 1 atom stereocenters. The Morgan fingerprint density at radius 2 is 2.05 bits per heavy atom. The van der Waals surface area contributed by atoms with Crippen LogP contribution >= 0.6 is 0 Å². The molecule has 1 aliphatic rings. The number of carboxylic acids is 1. The van der Waals surface area contributed by atoms with Crippen molar-refractivity contribution in [2.45, 2.75) is 12.8 Å². The standard InChI is InChI=1S/C15H15N3O3/c1-9-7-12(16-17(9)2)14(19)18-8-11(15(20)21)10-5-3-4-6-13(10)18/h3-7,11H,8H2,1-2H3,(H,20,21). The molecule has 2 heterocycles. The molecule has 6 nitrogen and oxygen atoms in total. The average molecular weight is 285 g/mol. The number of hydrogen-bond donors (Lipinski definition) is 1. The smallest absolute Gasteiger partial charge is 0.312 e. The Kier molecular flexibility index (Phi) is 3.01. The van der Waals surface area contributed by atoms with Gasteiger partial charge in [-0.3, -0.25) is 14.3 Å². The van der Waals surface area contributed by atoms with Crippen LogP contribution in [0.1, 0.15) is 27.7 Å². The number of fused-ring (bicyclic) bond motifs is 1. The third-order valence-electron chi connectivity index (χ3n) is 3.84. The van der Waals surface area contributed by atoms with Crippen molar-refractivity contribution in [1.82, 2.24) is 9.78 Å². The van der Waals surface area contributed by atoms with Crippen molar-refractivity contribution >= 4 is 17.6 Å². The van der Waals surface area contributed by atoms with E-state index in [1.54, 1.807) is 42.1 Å². The summed E-state index contributed by atoms with van der Waals surface area (Å²) < 4.78 is 1.63. The average Bonchev–Trinajstić information content (AvgIpc) is 3.00. The summed E-state index contributed by atoms with van der Waals surface area (Å²) in [6.45, 7) is 2.00. The summed E-state index contributed by atoms with van der Waals surface area (Å²) in [6, 6.07) is 8.82. The van der Waals surface area contributed by atoms with E-state index in [2.05, 4.69) is 5.10 Å². The van der Waals surface area contributed by atoms with Gasteiger partial charge in [-0.1, -0.05) is 18.2 Å². The van der Waals surface area contributed by atoms with Crippen LogP contribution in [0.15, 0.2) is 30.3 Å². The SMILES string of the molecule is Cc1cc(C(=O)N2CC(C(=O)O)c3ccccc32)nn1C. The lowest BCUT2D eigenvalue weighted by Gasteiger charge is -2.15. The lowest BCUT2D eigenvalue weighted by Crippen LogP contribution is -2.31. The van der Waals surface area contributed by atoms with Crippen LogP contribution in [0, 0.1) is 6.92 Å². The molecule has 0 saturated carbocycles. The number of aryl methyl sites for hydroxylation is 2. The van der Waals surface area contributed by atoms with Gasteiger partial charge in [0.1, 0.15) is 5.92 Å². The number of carbonyl (C=O) groups is 2. The summed E-state index contributed by atoms with van der Waals surface area (Å²) in [4.78, 5) is 25.5. The van der Waals surface area contributed by atoms with Crippen molar-refractivity contribution in [2.75, 3.05) is 11.4 Å². The number of rotatable bonds is 2. The van der Waals surface area contributed by atoms with E-state index in [-0.39, 0.29) is 12.5 Å². The highest BCUT2D eigenvalue weighted by Gasteiger charge is 2.37. The van der Waals surface area contributed by atoms with Crippen LogP contribution in [0.3, 0.4) is 0 Å². The first-order valence-electron chi connectivity index (χ1n) is 6.63. The Morgan fingerprint density at radius 3 is 2.67 bits per heavy atom. The molecule has 1 aromatic carbocycles. The van der Waals surface area contributed by atoms with E-state index in [4.69, 9.17) is 0 Å². The fourth-order valence-electron chi connectivity index (χ4n) is 2.61. The van der Waals surface area contributed by atoms with Crippen molar-refractivity contribution in [3.63, 3.8) is 0 Å². The third-order valence-corrected chi connectivity index (χ3v) is 3.84. The number of carboxylic acid groups (broad SMARTS) is 1. The molecule has 0 radical (unpaired) electrons. The van der Waals surface area contributed by atoms with Crippen LogP contribution in [0.2, 0.25) is 0 Å². The second-order valence-corrected chi connectivity index (χ2v) is 5.16. The summed E-state index contributed by atoms with van der Waals surface area (Å²) in [5, 5.41) is 13.5. The quantitative estimate of drug-likeness (QED) is 0.908. The van der Waals surface area contributed by atoms with E-state index in [9.17, 15) is 14.7 Å². The summed E-state index contributed by atoms with van der Waals surface area (Å²) in [5.74, 6) is -1.88. The first kappa shape index (κ1) is 13.4. The van der Waals surface area contributed by atoms with Crippen LogP contribution in [0.5, 0.6) is 0 Å². The van der Waals surface area contributed by atoms with Crippen molar-refractivity contribution in [1.29, 1.82) is 0 Å². The normalized spacial score (nSPS) is 16.9. The summed E-state index contributed by atoms with van der Waals surface area (Å²) in [7, 11) is 1.77. The number of benzene rings is 1. The van der Waals surface area contributed by atoms with Crippen LogP contribution in [-0.2, 0) is 11.8 Å². The van der Waals surface area contributed by atoms with Gasteiger partial charge < -0.3 is 10.0 Å². The summed E-state index contributed by atoms with van der Waals surface area (Å²) >= 11 is 0. The van der Waals surface area contributed by atoms with Crippen LogP contribution in [0.25, 0.3) is 0 Å². The highest BCUT2D eigenvalue weighted by molar-refractivity contribution is 6.07. The van der Waals surface area contributed by atoms with Gasteiger partial charge in [0.15, 0.2) is 5.69 Å². The maximum absolute atomic E-state index is 12.6. The predicted octanol–water partition coefficient (Wildman–Crippen LogP) is 1.56. The largest absolute Gasteiger partial charge is 0.481 e. The minimum Gasteiger partial charge on any atom is -0.481 e. The number of para-hydroxylation sites is 1. The second-order valence-electron chi connectivity index (χ2n) is 5.16. The zero-order valence-corrected chi connectivity index (χ0v) is 11.8. The van der Waals surface area contributed by atoms with Crippen molar-refractivity contribution < 1.29 is 14.7 Å². The minimum atomic E-state index is -0.921. The molecular formula is C15H15N3O3. The molecule has 0 fully saturated rings. The minimum absolute atomic E-state index is 0.142. The molecule has 21 heavy (non-hydrogen) atoms. The fourth-order valence-corrected chi connectivity index (χ4v) is 2.61. The van der Waals surface area contributed by atoms with Gasteiger partial charge in [0.2, 0.25) is 0 Å². The van der Waals surface area contributed by atoms with E-state index < -0.39 is 11.9 Å².